The highest BCUT2D eigenvalue weighted by molar-refractivity contribution is 7.80. The van der Waals surface area contributed by atoms with Gasteiger partial charge in [-0.25, -0.2) is 0 Å². The maximum Gasteiger partial charge on any atom is 0.289 e. The molecule has 2 aromatic rings. The van der Waals surface area contributed by atoms with Crippen LogP contribution in [0, 0.1) is 13.8 Å². The van der Waals surface area contributed by atoms with Crippen LogP contribution in [0.5, 0.6) is 0 Å². The zero-order chi connectivity index (χ0) is 17.1. The molecule has 1 fully saturated rings. The lowest BCUT2D eigenvalue weighted by Crippen LogP contribution is -2.51. The Morgan fingerprint density at radius 1 is 1.12 bits per heavy atom. The molecule has 1 aromatic heterocycles. The topological polar surface area (TPSA) is 48.7 Å². The Kier molecular flexibility index (Phi) is 4.85. The van der Waals surface area contributed by atoms with Gasteiger partial charge >= 0.3 is 0 Å². The summed E-state index contributed by atoms with van der Waals surface area (Å²) in [7, 11) is 0. The van der Waals surface area contributed by atoms with Crippen molar-refractivity contribution in [2.75, 3.05) is 31.5 Å². The van der Waals surface area contributed by atoms with Crippen LogP contribution in [0.15, 0.2) is 41.0 Å². The minimum atomic E-state index is -0.0620. The van der Waals surface area contributed by atoms with E-state index in [0.717, 1.165) is 11.3 Å². The quantitative estimate of drug-likeness (QED) is 0.850. The van der Waals surface area contributed by atoms with E-state index in [4.69, 9.17) is 16.6 Å². The van der Waals surface area contributed by atoms with Crippen LogP contribution in [0.25, 0.3) is 0 Å². The Bertz CT molecular complexity index is 735. The lowest BCUT2D eigenvalue weighted by molar-refractivity contribution is 0.0661. The van der Waals surface area contributed by atoms with Gasteiger partial charge in [-0.15, -0.1) is 0 Å². The van der Waals surface area contributed by atoms with E-state index < -0.39 is 0 Å². The summed E-state index contributed by atoms with van der Waals surface area (Å²) in [5, 5.41) is 4.03. The number of piperazine rings is 1. The highest BCUT2D eigenvalue weighted by Gasteiger charge is 2.24. The molecule has 0 unspecified atom stereocenters. The average molecular weight is 343 g/mol. The molecule has 1 N–H and O–H groups in total. The zero-order valence-corrected chi connectivity index (χ0v) is 14.7. The third-order valence-corrected chi connectivity index (χ3v) is 4.58. The summed E-state index contributed by atoms with van der Waals surface area (Å²) in [5.41, 5.74) is 3.39. The van der Waals surface area contributed by atoms with Gasteiger partial charge in [-0.2, -0.15) is 0 Å². The average Bonchev–Trinajstić information content (AvgIpc) is 3.12. The van der Waals surface area contributed by atoms with Gasteiger partial charge in [0.1, 0.15) is 0 Å². The summed E-state index contributed by atoms with van der Waals surface area (Å²) in [6, 6.07) is 9.69. The summed E-state index contributed by atoms with van der Waals surface area (Å²) in [6.07, 6.45) is 1.52. The first-order valence-electron chi connectivity index (χ1n) is 8.00. The van der Waals surface area contributed by atoms with Crippen molar-refractivity contribution in [1.82, 2.24) is 9.80 Å². The number of carbonyl (C=O) groups is 1. The third kappa shape index (κ3) is 3.59. The Morgan fingerprint density at radius 3 is 2.50 bits per heavy atom. The number of nitrogens with zero attached hydrogens (tertiary/aromatic N) is 2. The van der Waals surface area contributed by atoms with E-state index in [1.807, 2.05) is 0 Å². The molecule has 5 nitrogen and oxygen atoms in total. The summed E-state index contributed by atoms with van der Waals surface area (Å²) >= 11 is 5.54. The van der Waals surface area contributed by atoms with Crippen molar-refractivity contribution >= 4 is 28.9 Å². The molecule has 24 heavy (non-hydrogen) atoms. The van der Waals surface area contributed by atoms with Gasteiger partial charge in [0.15, 0.2) is 10.9 Å². The SMILES string of the molecule is Cc1ccc(C)c(NC(=S)N2CCN(C(=O)c3ccco3)CC2)c1. The van der Waals surface area contributed by atoms with Crippen LogP contribution in [-0.2, 0) is 0 Å². The smallest absolute Gasteiger partial charge is 0.289 e. The van der Waals surface area contributed by atoms with Crippen LogP contribution in [0.4, 0.5) is 5.69 Å². The van der Waals surface area contributed by atoms with E-state index >= 15 is 0 Å². The third-order valence-electron chi connectivity index (χ3n) is 4.22. The number of thiocarbonyl (C=S) groups is 1. The van der Waals surface area contributed by atoms with Crippen molar-refractivity contribution in [3.05, 3.63) is 53.5 Å². The number of benzene rings is 1. The predicted molar refractivity (Wildman–Crippen MR) is 98.3 cm³/mol. The summed E-state index contributed by atoms with van der Waals surface area (Å²) < 4.78 is 5.18. The number of rotatable bonds is 2. The Hall–Kier alpha value is -2.34. The molecule has 0 aliphatic carbocycles. The van der Waals surface area contributed by atoms with Crippen LogP contribution in [0.2, 0.25) is 0 Å². The van der Waals surface area contributed by atoms with E-state index in [2.05, 4.69) is 42.3 Å². The van der Waals surface area contributed by atoms with Crippen molar-refractivity contribution < 1.29 is 9.21 Å². The van der Waals surface area contributed by atoms with E-state index in [1.54, 1.807) is 17.0 Å². The molecule has 0 bridgehead atoms. The van der Waals surface area contributed by atoms with Crippen molar-refractivity contribution in [3.63, 3.8) is 0 Å². The highest BCUT2D eigenvalue weighted by atomic mass is 32.1. The molecule has 126 valence electrons. The van der Waals surface area contributed by atoms with Gasteiger partial charge in [0, 0.05) is 31.9 Å². The Balaban J connectivity index is 1.57. The largest absolute Gasteiger partial charge is 0.459 e. The van der Waals surface area contributed by atoms with Gasteiger partial charge in [-0.1, -0.05) is 12.1 Å². The molecule has 2 heterocycles. The fourth-order valence-electron chi connectivity index (χ4n) is 2.73. The number of hydrogen-bond donors (Lipinski definition) is 1. The number of aryl methyl sites for hydroxylation is 2. The van der Waals surface area contributed by atoms with E-state index in [0.29, 0.717) is 37.1 Å². The van der Waals surface area contributed by atoms with Crippen LogP contribution in [0.3, 0.4) is 0 Å². The van der Waals surface area contributed by atoms with Crippen LogP contribution in [0.1, 0.15) is 21.7 Å². The molecule has 1 aromatic carbocycles. The second kappa shape index (κ2) is 7.05. The molecular formula is C18H21N3O2S. The molecule has 0 saturated carbocycles. The number of carbonyl (C=O) groups excluding carboxylic acids is 1. The fourth-order valence-corrected chi connectivity index (χ4v) is 3.03. The van der Waals surface area contributed by atoms with E-state index in [9.17, 15) is 4.79 Å². The first-order valence-corrected chi connectivity index (χ1v) is 8.41. The molecule has 0 spiro atoms. The number of amides is 1. The summed E-state index contributed by atoms with van der Waals surface area (Å²) in [6.45, 7) is 6.81. The normalized spacial score (nSPS) is 14.6. The maximum atomic E-state index is 12.3. The molecule has 1 aliphatic rings. The molecule has 1 aliphatic heterocycles. The van der Waals surface area contributed by atoms with Crippen molar-refractivity contribution in [3.8, 4) is 0 Å². The van der Waals surface area contributed by atoms with Gasteiger partial charge in [0.05, 0.1) is 6.26 Å². The van der Waals surface area contributed by atoms with Crippen molar-refractivity contribution in [2.45, 2.75) is 13.8 Å². The van der Waals surface area contributed by atoms with Crippen LogP contribution in [-0.4, -0.2) is 47.0 Å². The lowest BCUT2D eigenvalue weighted by Gasteiger charge is -2.36. The number of nitrogens with one attached hydrogen (secondary N) is 1. The second-order valence-electron chi connectivity index (χ2n) is 6.01. The molecule has 6 heteroatoms. The predicted octanol–water partition coefficient (Wildman–Crippen LogP) is 3.05. The summed E-state index contributed by atoms with van der Waals surface area (Å²) in [4.78, 5) is 16.2. The minimum Gasteiger partial charge on any atom is -0.459 e. The molecule has 1 amide bonds. The van der Waals surface area contributed by atoms with Crippen LogP contribution < -0.4 is 5.32 Å². The summed E-state index contributed by atoms with van der Waals surface area (Å²) in [5.74, 6) is 0.326. The van der Waals surface area contributed by atoms with E-state index in [-0.39, 0.29) is 5.91 Å². The van der Waals surface area contributed by atoms with Gasteiger partial charge in [0.2, 0.25) is 0 Å². The first kappa shape index (κ1) is 16.5. The van der Waals surface area contributed by atoms with Gasteiger partial charge in [-0.3, -0.25) is 4.79 Å². The van der Waals surface area contributed by atoms with Crippen molar-refractivity contribution in [1.29, 1.82) is 0 Å². The highest BCUT2D eigenvalue weighted by Crippen LogP contribution is 2.18. The number of furan rings is 1. The minimum absolute atomic E-state index is 0.0620. The lowest BCUT2D eigenvalue weighted by atomic mass is 10.1. The Morgan fingerprint density at radius 2 is 1.83 bits per heavy atom. The fraction of sp³-hybridized carbons (Fsp3) is 0.333. The molecule has 0 atom stereocenters. The van der Waals surface area contributed by atoms with Crippen LogP contribution >= 0.6 is 12.2 Å². The zero-order valence-electron chi connectivity index (χ0n) is 13.9. The van der Waals surface area contributed by atoms with Gasteiger partial charge < -0.3 is 19.5 Å². The van der Waals surface area contributed by atoms with Gasteiger partial charge in [-0.05, 0) is 55.4 Å². The number of anilines is 1. The van der Waals surface area contributed by atoms with Gasteiger partial charge in [0.25, 0.3) is 5.91 Å². The molecule has 0 radical (unpaired) electrons. The molecule has 3 rings (SSSR count). The standard InChI is InChI=1S/C18H21N3O2S/c1-13-5-6-14(2)15(12-13)19-18(24)21-9-7-20(8-10-21)17(22)16-4-3-11-23-16/h3-6,11-12H,7-10H2,1-2H3,(H,19,24). The van der Waals surface area contributed by atoms with Crippen molar-refractivity contribution in [2.24, 2.45) is 0 Å². The molecular weight excluding hydrogens is 322 g/mol. The van der Waals surface area contributed by atoms with E-state index in [1.165, 1.54) is 11.8 Å². The molecule has 1 saturated heterocycles. The Labute approximate surface area is 147 Å². The number of hydrogen-bond acceptors (Lipinski definition) is 3. The second-order valence-corrected chi connectivity index (χ2v) is 6.39. The maximum absolute atomic E-state index is 12.3. The first-order chi connectivity index (χ1) is 11.5. The monoisotopic (exact) mass is 343 g/mol.